The summed E-state index contributed by atoms with van der Waals surface area (Å²) in [6, 6.07) is 0. The lowest BCUT2D eigenvalue weighted by atomic mass is 9.79. The van der Waals surface area contributed by atoms with Gasteiger partial charge in [-0.05, 0) is 79.6 Å². The molecule has 0 unspecified atom stereocenters. The average Bonchev–Trinajstić information content (AvgIpc) is 2.91. The SMILES string of the molecule is CC(C)(N1CCCC1)C(C)(C)N1CCCC1. The molecular formula is C14H28N2. The quantitative estimate of drug-likeness (QED) is 0.727. The average molecular weight is 224 g/mol. The highest BCUT2D eigenvalue weighted by atomic mass is 15.3. The molecule has 2 heteroatoms. The van der Waals surface area contributed by atoms with Gasteiger partial charge in [-0.3, -0.25) is 9.80 Å². The van der Waals surface area contributed by atoms with Crippen molar-refractivity contribution < 1.29 is 0 Å². The Kier molecular flexibility index (Phi) is 3.33. The van der Waals surface area contributed by atoms with Crippen LogP contribution >= 0.6 is 0 Å². The number of hydrogen-bond acceptors (Lipinski definition) is 2. The molecule has 2 saturated heterocycles. The van der Waals surface area contributed by atoms with Crippen molar-refractivity contribution in [2.45, 2.75) is 64.5 Å². The molecule has 2 aliphatic heterocycles. The Bertz CT molecular complexity index is 207. The molecule has 0 aromatic heterocycles. The molecule has 16 heavy (non-hydrogen) atoms. The maximum absolute atomic E-state index is 2.70. The minimum atomic E-state index is 0.299. The van der Waals surface area contributed by atoms with Crippen LogP contribution in [0.4, 0.5) is 0 Å². The normalized spacial score (nSPS) is 25.5. The standard InChI is InChI=1S/C14H28N2/c1-13(2,15-9-5-6-10-15)14(3,4)16-11-7-8-12-16/h5-12H2,1-4H3. The summed E-state index contributed by atoms with van der Waals surface area (Å²) < 4.78 is 0. The minimum absolute atomic E-state index is 0.299. The Morgan fingerprint density at radius 1 is 0.562 bits per heavy atom. The fraction of sp³-hybridized carbons (Fsp3) is 1.00. The Morgan fingerprint density at radius 3 is 1.06 bits per heavy atom. The van der Waals surface area contributed by atoms with Crippen molar-refractivity contribution in [2.24, 2.45) is 0 Å². The number of likely N-dealkylation sites (tertiary alicyclic amines) is 2. The van der Waals surface area contributed by atoms with E-state index in [-0.39, 0.29) is 0 Å². The van der Waals surface area contributed by atoms with E-state index in [1.165, 1.54) is 51.9 Å². The van der Waals surface area contributed by atoms with Crippen molar-refractivity contribution in [3.8, 4) is 0 Å². The highest BCUT2D eigenvalue weighted by Gasteiger charge is 2.46. The van der Waals surface area contributed by atoms with Crippen LogP contribution in [0.5, 0.6) is 0 Å². The lowest BCUT2D eigenvalue weighted by molar-refractivity contribution is -0.0143. The molecule has 0 aromatic rings. The third kappa shape index (κ3) is 1.91. The Hall–Kier alpha value is -0.0800. The van der Waals surface area contributed by atoms with Crippen molar-refractivity contribution in [3.05, 3.63) is 0 Å². The molecule has 0 bridgehead atoms. The van der Waals surface area contributed by atoms with Gasteiger partial charge in [0.15, 0.2) is 0 Å². The van der Waals surface area contributed by atoms with Crippen LogP contribution in [0.15, 0.2) is 0 Å². The number of nitrogens with zero attached hydrogens (tertiary/aromatic N) is 2. The van der Waals surface area contributed by atoms with Gasteiger partial charge in [-0.1, -0.05) is 0 Å². The lowest BCUT2D eigenvalue weighted by Gasteiger charge is -2.52. The Balaban J connectivity index is 2.12. The first-order valence-corrected chi connectivity index (χ1v) is 6.96. The van der Waals surface area contributed by atoms with Gasteiger partial charge in [0.25, 0.3) is 0 Å². The predicted molar refractivity (Wildman–Crippen MR) is 69.8 cm³/mol. The number of hydrogen-bond donors (Lipinski definition) is 0. The maximum Gasteiger partial charge on any atom is 0.0331 e. The molecule has 0 aliphatic carbocycles. The zero-order valence-corrected chi connectivity index (χ0v) is 11.6. The van der Waals surface area contributed by atoms with Crippen LogP contribution in [0.3, 0.4) is 0 Å². The van der Waals surface area contributed by atoms with Crippen LogP contribution in [0, 0.1) is 0 Å². The summed E-state index contributed by atoms with van der Waals surface area (Å²) in [6.07, 6.45) is 5.55. The van der Waals surface area contributed by atoms with Crippen molar-refractivity contribution in [1.29, 1.82) is 0 Å². The number of rotatable bonds is 3. The van der Waals surface area contributed by atoms with Crippen LogP contribution in [0.1, 0.15) is 53.4 Å². The molecule has 0 N–H and O–H groups in total. The third-order valence-electron chi connectivity index (χ3n) is 5.29. The summed E-state index contributed by atoms with van der Waals surface area (Å²) in [5, 5.41) is 0. The van der Waals surface area contributed by atoms with E-state index in [0.717, 1.165) is 0 Å². The molecule has 0 aromatic carbocycles. The zero-order chi connectivity index (χ0) is 11.8. The summed E-state index contributed by atoms with van der Waals surface area (Å²) >= 11 is 0. The molecule has 0 amide bonds. The molecule has 2 heterocycles. The first-order valence-electron chi connectivity index (χ1n) is 6.96. The van der Waals surface area contributed by atoms with Gasteiger partial charge < -0.3 is 0 Å². The van der Waals surface area contributed by atoms with Crippen LogP contribution < -0.4 is 0 Å². The van der Waals surface area contributed by atoms with E-state index in [1.54, 1.807) is 0 Å². The molecular weight excluding hydrogens is 196 g/mol. The molecule has 2 aliphatic rings. The molecule has 0 spiro atoms. The van der Waals surface area contributed by atoms with E-state index < -0.39 is 0 Å². The van der Waals surface area contributed by atoms with Crippen LogP contribution in [-0.4, -0.2) is 47.1 Å². The molecule has 2 rings (SSSR count). The van der Waals surface area contributed by atoms with Crippen LogP contribution in [0.25, 0.3) is 0 Å². The summed E-state index contributed by atoms with van der Waals surface area (Å²) in [7, 11) is 0. The van der Waals surface area contributed by atoms with Gasteiger partial charge in [0, 0.05) is 11.1 Å². The van der Waals surface area contributed by atoms with E-state index in [2.05, 4.69) is 37.5 Å². The largest absolute Gasteiger partial charge is 0.296 e. The Labute approximate surface area is 101 Å². The first kappa shape index (κ1) is 12.4. The van der Waals surface area contributed by atoms with E-state index in [0.29, 0.717) is 11.1 Å². The van der Waals surface area contributed by atoms with Gasteiger partial charge in [-0.2, -0.15) is 0 Å². The van der Waals surface area contributed by atoms with Gasteiger partial charge in [-0.15, -0.1) is 0 Å². The van der Waals surface area contributed by atoms with E-state index in [4.69, 9.17) is 0 Å². The third-order valence-corrected chi connectivity index (χ3v) is 5.29. The smallest absolute Gasteiger partial charge is 0.0331 e. The topological polar surface area (TPSA) is 6.48 Å². The van der Waals surface area contributed by atoms with E-state index in [1.807, 2.05) is 0 Å². The molecule has 2 nitrogen and oxygen atoms in total. The molecule has 94 valence electrons. The molecule has 0 radical (unpaired) electrons. The van der Waals surface area contributed by atoms with E-state index >= 15 is 0 Å². The van der Waals surface area contributed by atoms with Crippen molar-refractivity contribution in [1.82, 2.24) is 9.80 Å². The maximum atomic E-state index is 2.70. The van der Waals surface area contributed by atoms with Gasteiger partial charge in [0.1, 0.15) is 0 Å². The first-order chi connectivity index (χ1) is 7.46. The molecule has 0 atom stereocenters. The monoisotopic (exact) mass is 224 g/mol. The Morgan fingerprint density at radius 2 is 0.812 bits per heavy atom. The minimum Gasteiger partial charge on any atom is -0.296 e. The summed E-state index contributed by atoms with van der Waals surface area (Å²) in [4.78, 5) is 5.40. The fourth-order valence-corrected chi connectivity index (χ4v) is 3.33. The summed E-state index contributed by atoms with van der Waals surface area (Å²) in [5.74, 6) is 0. The fourth-order valence-electron chi connectivity index (χ4n) is 3.33. The van der Waals surface area contributed by atoms with Gasteiger partial charge in [0.2, 0.25) is 0 Å². The van der Waals surface area contributed by atoms with Gasteiger partial charge in [0.05, 0.1) is 0 Å². The second kappa shape index (κ2) is 4.30. The summed E-state index contributed by atoms with van der Waals surface area (Å²) in [6.45, 7) is 14.9. The summed E-state index contributed by atoms with van der Waals surface area (Å²) in [5.41, 5.74) is 0.599. The highest BCUT2D eigenvalue weighted by molar-refractivity contribution is 5.04. The zero-order valence-electron chi connectivity index (χ0n) is 11.6. The van der Waals surface area contributed by atoms with E-state index in [9.17, 15) is 0 Å². The van der Waals surface area contributed by atoms with Crippen LogP contribution in [-0.2, 0) is 0 Å². The second-order valence-electron chi connectivity index (χ2n) is 6.51. The van der Waals surface area contributed by atoms with Gasteiger partial charge >= 0.3 is 0 Å². The predicted octanol–water partition coefficient (Wildman–Crippen LogP) is 2.74. The van der Waals surface area contributed by atoms with Crippen LogP contribution in [0.2, 0.25) is 0 Å². The molecule has 0 saturated carbocycles. The van der Waals surface area contributed by atoms with Crippen molar-refractivity contribution in [3.63, 3.8) is 0 Å². The van der Waals surface area contributed by atoms with Crippen molar-refractivity contribution in [2.75, 3.05) is 26.2 Å². The molecule has 2 fully saturated rings. The van der Waals surface area contributed by atoms with Crippen molar-refractivity contribution >= 4 is 0 Å². The lowest BCUT2D eigenvalue weighted by Crippen LogP contribution is -2.64. The second-order valence-corrected chi connectivity index (χ2v) is 6.51. The van der Waals surface area contributed by atoms with Gasteiger partial charge in [-0.25, -0.2) is 0 Å². The highest BCUT2D eigenvalue weighted by Crippen LogP contribution is 2.37.